The maximum Gasteiger partial charge on any atom is 0.161 e. The zero-order valence-electron chi connectivity index (χ0n) is 11.7. The predicted octanol–water partition coefficient (Wildman–Crippen LogP) is 1.61. The predicted molar refractivity (Wildman–Crippen MR) is 80.2 cm³/mol. The van der Waals surface area contributed by atoms with E-state index in [0.29, 0.717) is 16.3 Å². The van der Waals surface area contributed by atoms with Crippen molar-refractivity contribution in [3.8, 4) is 5.69 Å². The van der Waals surface area contributed by atoms with Gasteiger partial charge in [-0.2, -0.15) is 5.10 Å². The molecule has 1 N–H and O–H groups in total. The number of nitrogens with zero attached hydrogens (tertiary/aromatic N) is 3. The van der Waals surface area contributed by atoms with E-state index < -0.39 is 21.2 Å². The van der Waals surface area contributed by atoms with Gasteiger partial charge in [-0.1, -0.05) is 17.7 Å². The highest BCUT2D eigenvalue weighted by Crippen LogP contribution is 2.26. The fraction of sp³-hybridized carbons (Fsp3) is 0.385. The monoisotopic (exact) mass is 329 g/mol. The van der Waals surface area contributed by atoms with Gasteiger partial charge in [-0.15, -0.1) is 0 Å². The Labute approximate surface area is 128 Å². The van der Waals surface area contributed by atoms with Gasteiger partial charge in [-0.25, -0.2) is 18.1 Å². The molecule has 0 unspecified atom stereocenters. The summed E-state index contributed by atoms with van der Waals surface area (Å²) >= 11 is 5.97. The number of sulfone groups is 1. The summed E-state index contributed by atoms with van der Waals surface area (Å²) in [5.74, 6) is -0.215. The molecule has 0 bridgehead atoms. The number of benzene rings is 1. The zero-order valence-corrected chi connectivity index (χ0v) is 13.3. The Kier molecular flexibility index (Phi) is 4.36. The van der Waals surface area contributed by atoms with Gasteiger partial charge in [0.1, 0.15) is 12.7 Å². The van der Waals surface area contributed by atoms with Gasteiger partial charge in [0.2, 0.25) is 0 Å². The van der Waals surface area contributed by atoms with Crippen molar-refractivity contribution in [3.63, 3.8) is 0 Å². The summed E-state index contributed by atoms with van der Waals surface area (Å²) in [4.78, 5) is 3.85. The van der Waals surface area contributed by atoms with Crippen LogP contribution in [0.2, 0.25) is 5.02 Å². The highest BCUT2D eigenvalue weighted by atomic mass is 35.5. The Hall–Kier alpha value is -1.44. The van der Waals surface area contributed by atoms with E-state index in [4.69, 9.17) is 11.6 Å². The van der Waals surface area contributed by atoms with Crippen molar-refractivity contribution in [1.82, 2.24) is 14.8 Å². The molecule has 0 spiro atoms. The molecule has 8 heteroatoms. The van der Waals surface area contributed by atoms with Crippen molar-refractivity contribution in [1.29, 1.82) is 0 Å². The second kappa shape index (κ2) is 5.75. The van der Waals surface area contributed by atoms with Crippen molar-refractivity contribution in [3.05, 3.63) is 41.4 Å². The molecule has 2 rings (SSSR count). The molecule has 2 aromatic rings. The molecule has 0 aliphatic heterocycles. The lowest BCUT2D eigenvalue weighted by molar-refractivity contribution is 0.258. The molecule has 1 aromatic heterocycles. The smallest absolute Gasteiger partial charge is 0.161 e. The summed E-state index contributed by atoms with van der Waals surface area (Å²) in [5.41, 5.74) is 1.10. The van der Waals surface area contributed by atoms with Crippen LogP contribution in [-0.2, 0) is 15.6 Å². The first-order valence-electron chi connectivity index (χ1n) is 6.23. The number of aromatic nitrogens is 3. The van der Waals surface area contributed by atoms with Gasteiger partial charge in [0.15, 0.2) is 9.84 Å². The zero-order chi connectivity index (χ0) is 15.7. The molecule has 0 aliphatic carbocycles. The van der Waals surface area contributed by atoms with Crippen LogP contribution in [0.5, 0.6) is 0 Å². The Morgan fingerprint density at radius 2 is 2.10 bits per heavy atom. The maximum atomic E-state index is 12.4. The Morgan fingerprint density at radius 1 is 1.38 bits per heavy atom. The number of aliphatic hydroxyl groups is 1. The Balaban J connectivity index is 2.47. The van der Waals surface area contributed by atoms with Crippen molar-refractivity contribution in [2.75, 3.05) is 6.61 Å². The number of aliphatic hydroxyl groups excluding tert-OH is 1. The SMILES string of the molecule is CC(C)(CO)S(=O)(=O)Cc1ccc(Cl)cc1-n1cncn1. The molecule has 0 radical (unpaired) electrons. The van der Waals surface area contributed by atoms with E-state index in [9.17, 15) is 13.5 Å². The minimum absolute atomic E-state index is 0.215. The standard InChI is InChI=1S/C13H16ClN3O3S/c1-13(2,7-18)21(19,20)6-10-3-4-11(14)5-12(10)17-9-15-8-16-17/h3-5,8-9,18H,6-7H2,1-2H3. The van der Waals surface area contributed by atoms with Crippen molar-refractivity contribution in [2.24, 2.45) is 0 Å². The van der Waals surface area contributed by atoms with Gasteiger partial charge in [-0.3, -0.25) is 0 Å². The van der Waals surface area contributed by atoms with E-state index in [-0.39, 0.29) is 5.75 Å². The van der Waals surface area contributed by atoms with Crippen molar-refractivity contribution >= 4 is 21.4 Å². The number of rotatable bonds is 5. The Morgan fingerprint density at radius 3 is 2.67 bits per heavy atom. The minimum Gasteiger partial charge on any atom is -0.395 e. The third-order valence-corrected chi connectivity index (χ3v) is 6.02. The highest BCUT2D eigenvalue weighted by molar-refractivity contribution is 7.92. The lowest BCUT2D eigenvalue weighted by atomic mass is 10.2. The van der Waals surface area contributed by atoms with Crippen LogP contribution in [0.25, 0.3) is 5.69 Å². The lowest BCUT2D eigenvalue weighted by Crippen LogP contribution is -2.36. The third kappa shape index (κ3) is 3.25. The normalized spacial score (nSPS) is 12.6. The van der Waals surface area contributed by atoms with E-state index >= 15 is 0 Å². The summed E-state index contributed by atoms with van der Waals surface area (Å²) in [6.45, 7) is 2.54. The van der Waals surface area contributed by atoms with Crippen LogP contribution in [0, 0.1) is 0 Å². The van der Waals surface area contributed by atoms with Gasteiger partial charge in [0.05, 0.1) is 22.8 Å². The summed E-state index contributed by atoms with van der Waals surface area (Å²) in [5, 5.41) is 13.8. The van der Waals surface area contributed by atoms with Crippen LogP contribution in [0.1, 0.15) is 19.4 Å². The summed E-state index contributed by atoms with van der Waals surface area (Å²) in [7, 11) is -3.54. The molecule has 1 heterocycles. The molecule has 114 valence electrons. The largest absolute Gasteiger partial charge is 0.395 e. The van der Waals surface area contributed by atoms with Gasteiger partial charge in [0, 0.05) is 5.02 Å². The quantitative estimate of drug-likeness (QED) is 0.900. The van der Waals surface area contributed by atoms with E-state index in [1.165, 1.54) is 31.2 Å². The molecule has 0 aliphatic rings. The molecule has 0 amide bonds. The number of hydrogen-bond donors (Lipinski definition) is 1. The first-order chi connectivity index (χ1) is 9.77. The summed E-state index contributed by atoms with van der Waals surface area (Å²) in [6.07, 6.45) is 2.83. The molecule has 21 heavy (non-hydrogen) atoms. The molecule has 0 saturated carbocycles. The van der Waals surface area contributed by atoms with Crippen LogP contribution in [-0.4, -0.2) is 39.6 Å². The van der Waals surface area contributed by atoms with E-state index in [1.54, 1.807) is 18.2 Å². The van der Waals surface area contributed by atoms with Crippen LogP contribution >= 0.6 is 11.6 Å². The topological polar surface area (TPSA) is 85.1 Å². The van der Waals surface area contributed by atoms with Crippen LogP contribution in [0.4, 0.5) is 0 Å². The summed E-state index contributed by atoms with van der Waals surface area (Å²) < 4.78 is 25.1. The fourth-order valence-corrected chi connectivity index (χ4v) is 3.11. The van der Waals surface area contributed by atoms with Crippen LogP contribution in [0.15, 0.2) is 30.9 Å². The molecule has 6 nitrogen and oxygen atoms in total. The van der Waals surface area contributed by atoms with Crippen LogP contribution < -0.4 is 0 Å². The fourth-order valence-electron chi connectivity index (χ4n) is 1.70. The van der Waals surface area contributed by atoms with E-state index in [0.717, 1.165) is 0 Å². The first kappa shape index (κ1) is 15.9. The Bertz CT molecular complexity index is 727. The molecule has 0 saturated heterocycles. The average molecular weight is 330 g/mol. The first-order valence-corrected chi connectivity index (χ1v) is 8.26. The van der Waals surface area contributed by atoms with E-state index in [2.05, 4.69) is 10.1 Å². The third-order valence-electron chi connectivity index (χ3n) is 3.28. The lowest BCUT2D eigenvalue weighted by Gasteiger charge is -2.22. The van der Waals surface area contributed by atoms with Crippen molar-refractivity contribution in [2.45, 2.75) is 24.3 Å². The van der Waals surface area contributed by atoms with E-state index in [1.807, 2.05) is 0 Å². The van der Waals surface area contributed by atoms with Gasteiger partial charge in [-0.05, 0) is 31.5 Å². The van der Waals surface area contributed by atoms with Gasteiger partial charge >= 0.3 is 0 Å². The number of hydrogen-bond acceptors (Lipinski definition) is 5. The number of halogens is 1. The van der Waals surface area contributed by atoms with Crippen molar-refractivity contribution < 1.29 is 13.5 Å². The maximum absolute atomic E-state index is 12.4. The molecule has 0 fully saturated rings. The average Bonchev–Trinajstić information content (AvgIpc) is 2.94. The van der Waals surface area contributed by atoms with Gasteiger partial charge in [0.25, 0.3) is 0 Å². The molecular weight excluding hydrogens is 314 g/mol. The van der Waals surface area contributed by atoms with Gasteiger partial charge < -0.3 is 5.11 Å². The highest BCUT2D eigenvalue weighted by Gasteiger charge is 2.34. The summed E-state index contributed by atoms with van der Waals surface area (Å²) in [6, 6.07) is 4.90. The molecule has 0 atom stereocenters. The molecule has 1 aromatic carbocycles. The van der Waals surface area contributed by atoms with Crippen LogP contribution in [0.3, 0.4) is 0 Å². The molecular formula is C13H16ClN3O3S. The minimum atomic E-state index is -3.54. The second-order valence-corrected chi connectivity index (χ2v) is 8.35. The second-order valence-electron chi connectivity index (χ2n) is 5.29.